The second kappa shape index (κ2) is 10.3. The summed E-state index contributed by atoms with van der Waals surface area (Å²) >= 11 is 0. The van der Waals surface area contributed by atoms with Gasteiger partial charge in [0.2, 0.25) is 15.9 Å². The van der Waals surface area contributed by atoms with Gasteiger partial charge in [-0.1, -0.05) is 24.3 Å². The van der Waals surface area contributed by atoms with Gasteiger partial charge in [-0.25, -0.2) is 12.8 Å². The first-order valence-corrected chi connectivity index (χ1v) is 12.4. The molecular formula is C25H22F4N2O4S. The Bertz CT molecular complexity index is 1330. The van der Waals surface area contributed by atoms with Crippen molar-refractivity contribution in [2.45, 2.75) is 36.7 Å². The predicted octanol–water partition coefficient (Wildman–Crippen LogP) is 4.50. The number of ether oxygens (including phenoxy) is 1. The number of carbonyl (C=O) groups is 1. The molecule has 1 N–H and O–H groups in total. The van der Waals surface area contributed by atoms with Gasteiger partial charge >= 0.3 is 6.18 Å². The minimum atomic E-state index is -4.40. The van der Waals surface area contributed by atoms with Crippen molar-refractivity contribution in [2.75, 3.05) is 6.54 Å². The molecule has 0 saturated carbocycles. The van der Waals surface area contributed by atoms with Crippen LogP contribution in [-0.2, 0) is 34.1 Å². The van der Waals surface area contributed by atoms with Crippen LogP contribution in [0.3, 0.4) is 0 Å². The number of hydrogen-bond acceptors (Lipinski definition) is 4. The monoisotopic (exact) mass is 522 g/mol. The zero-order valence-electron chi connectivity index (χ0n) is 18.8. The zero-order chi connectivity index (χ0) is 25.9. The van der Waals surface area contributed by atoms with Crippen LogP contribution >= 0.6 is 0 Å². The molecule has 36 heavy (non-hydrogen) atoms. The van der Waals surface area contributed by atoms with Crippen LogP contribution in [0.2, 0.25) is 0 Å². The molecule has 0 radical (unpaired) electrons. The summed E-state index contributed by atoms with van der Waals surface area (Å²) in [6.45, 7) is 0.370. The summed E-state index contributed by atoms with van der Waals surface area (Å²) in [4.78, 5) is 12.6. The SMILES string of the molecule is O=C(NCc1cccc(OCc2ccc(C(F)(F)F)cc2)c1)[C@@H]1CCN1S(=O)(=O)c1ccc(F)cc1. The Morgan fingerprint density at radius 1 is 1.00 bits per heavy atom. The molecule has 4 rings (SSSR count). The number of halogens is 4. The lowest BCUT2D eigenvalue weighted by Gasteiger charge is -2.38. The van der Waals surface area contributed by atoms with Crippen molar-refractivity contribution in [1.82, 2.24) is 9.62 Å². The highest BCUT2D eigenvalue weighted by molar-refractivity contribution is 7.89. The van der Waals surface area contributed by atoms with Crippen molar-refractivity contribution < 1.29 is 35.5 Å². The Hall–Kier alpha value is -3.44. The van der Waals surface area contributed by atoms with Crippen LogP contribution in [0, 0.1) is 5.82 Å². The zero-order valence-corrected chi connectivity index (χ0v) is 19.7. The number of nitrogens with zero attached hydrogens (tertiary/aromatic N) is 1. The van der Waals surface area contributed by atoms with Crippen molar-refractivity contribution in [1.29, 1.82) is 0 Å². The lowest BCUT2D eigenvalue weighted by molar-refractivity contribution is -0.137. The first-order valence-electron chi connectivity index (χ1n) is 11.0. The first-order chi connectivity index (χ1) is 17.0. The molecule has 3 aromatic rings. The maximum absolute atomic E-state index is 13.1. The average molecular weight is 523 g/mol. The summed E-state index contributed by atoms with van der Waals surface area (Å²) in [5.74, 6) is -0.550. The number of hydrogen-bond donors (Lipinski definition) is 1. The second-order valence-corrected chi connectivity index (χ2v) is 10.1. The lowest BCUT2D eigenvalue weighted by atomic mass is 10.1. The summed E-state index contributed by atoms with van der Waals surface area (Å²) in [5, 5.41) is 2.72. The average Bonchev–Trinajstić information content (AvgIpc) is 2.81. The highest BCUT2D eigenvalue weighted by Crippen LogP contribution is 2.29. The fourth-order valence-corrected chi connectivity index (χ4v) is 5.30. The minimum Gasteiger partial charge on any atom is -0.489 e. The van der Waals surface area contributed by atoms with Gasteiger partial charge in [0.05, 0.1) is 10.5 Å². The first kappa shape index (κ1) is 25.6. The Morgan fingerprint density at radius 3 is 2.31 bits per heavy atom. The van der Waals surface area contributed by atoms with Crippen molar-refractivity contribution in [3.63, 3.8) is 0 Å². The summed E-state index contributed by atoms with van der Waals surface area (Å²) in [7, 11) is -3.92. The van der Waals surface area contributed by atoms with Crippen LogP contribution in [0.1, 0.15) is 23.1 Å². The number of benzene rings is 3. The van der Waals surface area contributed by atoms with E-state index < -0.39 is 39.5 Å². The molecule has 11 heteroatoms. The van der Waals surface area contributed by atoms with E-state index in [1.165, 1.54) is 12.1 Å². The largest absolute Gasteiger partial charge is 0.489 e. The molecule has 1 fully saturated rings. The van der Waals surface area contributed by atoms with E-state index in [4.69, 9.17) is 4.74 Å². The van der Waals surface area contributed by atoms with Gasteiger partial charge in [0.15, 0.2) is 0 Å². The van der Waals surface area contributed by atoms with Crippen molar-refractivity contribution >= 4 is 15.9 Å². The molecule has 1 amide bonds. The Morgan fingerprint density at radius 2 is 1.69 bits per heavy atom. The minimum absolute atomic E-state index is 0.0617. The van der Waals surface area contributed by atoms with Gasteiger partial charge in [0.1, 0.15) is 24.2 Å². The molecule has 1 aliphatic heterocycles. The molecular weight excluding hydrogens is 500 g/mol. The van der Waals surface area contributed by atoms with Gasteiger partial charge in [-0.2, -0.15) is 17.5 Å². The maximum Gasteiger partial charge on any atom is 0.416 e. The number of sulfonamides is 1. The summed E-state index contributed by atoms with van der Waals surface area (Å²) in [5.41, 5.74) is 0.522. The fraction of sp³-hybridized carbons (Fsp3) is 0.240. The Kier molecular flexibility index (Phi) is 7.32. The quantitative estimate of drug-likeness (QED) is 0.442. The third kappa shape index (κ3) is 5.85. The standard InChI is InChI=1S/C25H22F4N2O4S/c26-20-8-10-22(11-9-20)36(33,34)31-13-12-23(31)24(32)30-15-18-2-1-3-21(14-18)35-16-17-4-6-19(7-5-17)25(27,28)29/h1-11,14,23H,12-13,15-16H2,(H,30,32)/t23-/m0/s1. The molecule has 0 unspecified atom stereocenters. The van der Waals surface area contributed by atoms with Crippen LogP contribution < -0.4 is 10.1 Å². The molecule has 1 aliphatic rings. The van der Waals surface area contributed by atoms with E-state index in [0.29, 0.717) is 23.3 Å². The highest BCUT2D eigenvalue weighted by Gasteiger charge is 2.42. The molecule has 1 saturated heterocycles. The fourth-order valence-electron chi connectivity index (χ4n) is 3.66. The normalized spacial score (nSPS) is 16.3. The summed E-state index contributed by atoms with van der Waals surface area (Å²) in [6.07, 6.45) is -4.04. The van der Waals surface area contributed by atoms with Crippen molar-refractivity contribution in [3.8, 4) is 5.75 Å². The van der Waals surface area contributed by atoms with Gasteiger partial charge in [-0.05, 0) is 66.1 Å². The van der Waals surface area contributed by atoms with Crippen molar-refractivity contribution in [3.05, 3.63) is 95.3 Å². The molecule has 0 spiro atoms. The van der Waals surface area contributed by atoms with Crippen LogP contribution in [-0.4, -0.2) is 31.2 Å². The lowest BCUT2D eigenvalue weighted by Crippen LogP contribution is -2.57. The van der Waals surface area contributed by atoms with Crippen LogP contribution in [0.15, 0.2) is 77.7 Å². The van der Waals surface area contributed by atoms with E-state index in [1.807, 2.05) is 0 Å². The topological polar surface area (TPSA) is 75.7 Å². The molecule has 1 heterocycles. The van der Waals surface area contributed by atoms with Gasteiger partial charge in [0, 0.05) is 13.1 Å². The Balaban J connectivity index is 1.32. The number of carbonyl (C=O) groups excluding carboxylic acids is 1. The van der Waals surface area contributed by atoms with Crippen LogP contribution in [0.25, 0.3) is 0 Å². The van der Waals surface area contributed by atoms with Gasteiger partial charge in [0.25, 0.3) is 0 Å². The highest BCUT2D eigenvalue weighted by atomic mass is 32.2. The third-order valence-electron chi connectivity index (χ3n) is 5.75. The second-order valence-electron chi connectivity index (χ2n) is 8.22. The number of alkyl halides is 3. The maximum atomic E-state index is 13.1. The predicted molar refractivity (Wildman–Crippen MR) is 123 cm³/mol. The number of amides is 1. The smallest absolute Gasteiger partial charge is 0.416 e. The van der Waals surface area contributed by atoms with Gasteiger partial charge < -0.3 is 10.1 Å². The molecule has 0 bridgehead atoms. The molecule has 0 aromatic heterocycles. The van der Waals surface area contributed by atoms with E-state index in [1.54, 1.807) is 24.3 Å². The number of nitrogens with one attached hydrogen (secondary N) is 1. The van der Waals surface area contributed by atoms with E-state index in [9.17, 15) is 30.8 Å². The van der Waals surface area contributed by atoms with Crippen LogP contribution in [0.4, 0.5) is 17.6 Å². The molecule has 1 atom stereocenters. The summed E-state index contributed by atoms with van der Waals surface area (Å²) in [6, 6.07) is 15.0. The Labute approximate surface area is 205 Å². The number of rotatable bonds is 8. The van der Waals surface area contributed by atoms with E-state index in [2.05, 4.69) is 5.32 Å². The van der Waals surface area contributed by atoms with E-state index in [0.717, 1.165) is 40.7 Å². The summed E-state index contributed by atoms with van der Waals surface area (Å²) < 4.78 is 83.5. The molecule has 0 aliphatic carbocycles. The van der Waals surface area contributed by atoms with Gasteiger partial charge in [-0.15, -0.1) is 0 Å². The van der Waals surface area contributed by atoms with Gasteiger partial charge in [-0.3, -0.25) is 4.79 Å². The van der Waals surface area contributed by atoms with E-state index >= 15 is 0 Å². The van der Waals surface area contributed by atoms with E-state index in [-0.39, 0.29) is 24.6 Å². The molecule has 6 nitrogen and oxygen atoms in total. The third-order valence-corrected chi connectivity index (χ3v) is 7.67. The van der Waals surface area contributed by atoms with Crippen LogP contribution in [0.5, 0.6) is 5.75 Å². The van der Waals surface area contributed by atoms with Crippen molar-refractivity contribution in [2.24, 2.45) is 0 Å². The molecule has 3 aromatic carbocycles. The molecule has 190 valence electrons.